The Morgan fingerprint density at radius 3 is 2.90 bits per heavy atom. The Balaban J connectivity index is 1.73. The molecule has 0 aliphatic heterocycles. The summed E-state index contributed by atoms with van der Waals surface area (Å²) in [5.41, 5.74) is 1.98. The standard InChI is InChI=1S/C15H20N4O/c1-11(12-5-6-12)18-15(20-2)13-8-17-19(10-13)14-4-3-7-16-9-14/h3-4,7-12,15,18H,5-6H2,1-2H3. The fraction of sp³-hybridized carbons (Fsp3) is 0.467. The topological polar surface area (TPSA) is 52.0 Å². The van der Waals surface area contributed by atoms with Crippen molar-refractivity contribution in [2.75, 3.05) is 7.11 Å². The lowest BCUT2D eigenvalue weighted by molar-refractivity contribution is 0.0619. The van der Waals surface area contributed by atoms with Crippen LogP contribution in [0.3, 0.4) is 0 Å². The average Bonchev–Trinajstić information content (AvgIpc) is 3.23. The minimum Gasteiger partial charge on any atom is -0.362 e. The van der Waals surface area contributed by atoms with Gasteiger partial charge in [-0.05, 0) is 37.8 Å². The number of methoxy groups -OCH3 is 1. The van der Waals surface area contributed by atoms with Crippen LogP contribution in [0.15, 0.2) is 36.9 Å². The molecule has 106 valence electrons. The van der Waals surface area contributed by atoms with Crippen LogP contribution in [0, 0.1) is 5.92 Å². The van der Waals surface area contributed by atoms with E-state index in [0.29, 0.717) is 6.04 Å². The van der Waals surface area contributed by atoms with Gasteiger partial charge >= 0.3 is 0 Å². The first-order valence-electron chi connectivity index (χ1n) is 7.01. The molecule has 0 radical (unpaired) electrons. The normalized spacial score (nSPS) is 17.9. The summed E-state index contributed by atoms with van der Waals surface area (Å²) in [4.78, 5) is 4.11. The van der Waals surface area contributed by atoms with Crippen LogP contribution in [-0.4, -0.2) is 27.9 Å². The molecule has 0 bridgehead atoms. The molecule has 1 saturated carbocycles. The van der Waals surface area contributed by atoms with Gasteiger partial charge in [-0.3, -0.25) is 10.3 Å². The van der Waals surface area contributed by atoms with Crippen molar-refractivity contribution in [3.05, 3.63) is 42.5 Å². The predicted molar refractivity (Wildman–Crippen MR) is 76.4 cm³/mol. The number of nitrogens with one attached hydrogen (secondary N) is 1. The highest BCUT2D eigenvalue weighted by Gasteiger charge is 2.29. The van der Waals surface area contributed by atoms with Crippen molar-refractivity contribution < 1.29 is 4.74 Å². The van der Waals surface area contributed by atoms with E-state index in [1.54, 1.807) is 19.5 Å². The van der Waals surface area contributed by atoms with E-state index >= 15 is 0 Å². The van der Waals surface area contributed by atoms with Gasteiger partial charge < -0.3 is 4.74 Å². The van der Waals surface area contributed by atoms with Crippen molar-refractivity contribution in [3.8, 4) is 5.69 Å². The number of ether oxygens (including phenoxy) is 1. The van der Waals surface area contributed by atoms with Crippen LogP contribution in [0.1, 0.15) is 31.6 Å². The van der Waals surface area contributed by atoms with E-state index in [0.717, 1.165) is 17.2 Å². The molecule has 2 aromatic heterocycles. The molecule has 5 nitrogen and oxygen atoms in total. The molecule has 0 spiro atoms. The Bertz CT molecular complexity index is 550. The zero-order valence-electron chi connectivity index (χ0n) is 11.9. The molecule has 3 rings (SSSR count). The van der Waals surface area contributed by atoms with Gasteiger partial charge in [-0.15, -0.1) is 0 Å². The maximum absolute atomic E-state index is 5.55. The molecule has 1 fully saturated rings. The van der Waals surface area contributed by atoms with Crippen molar-refractivity contribution in [2.24, 2.45) is 5.92 Å². The number of hydrogen-bond donors (Lipinski definition) is 1. The number of aromatic nitrogens is 3. The molecule has 5 heteroatoms. The van der Waals surface area contributed by atoms with E-state index in [-0.39, 0.29) is 6.23 Å². The fourth-order valence-corrected chi connectivity index (χ4v) is 2.37. The van der Waals surface area contributed by atoms with Gasteiger partial charge in [-0.25, -0.2) is 4.68 Å². The highest BCUT2D eigenvalue weighted by Crippen LogP contribution is 2.33. The lowest BCUT2D eigenvalue weighted by atomic mass is 10.2. The number of hydrogen-bond acceptors (Lipinski definition) is 4. The highest BCUT2D eigenvalue weighted by molar-refractivity contribution is 5.27. The molecule has 0 amide bonds. The summed E-state index contributed by atoms with van der Waals surface area (Å²) in [6.45, 7) is 2.22. The Morgan fingerprint density at radius 1 is 1.40 bits per heavy atom. The van der Waals surface area contributed by atoms with Gasteiger partial charge in [-0.2, -0.15) is 5.10 Å². The first-order chi connectivity index (χ1) is 9.78. The largest absolute Gasteiger partial charge is 0.362 e. The molecule has 2 atom stereocenters. The minimum absolute atomic E-state index is 0.115. The van der Waals surface area contributed by atoms with Gasteiger partial charge in [-0.1, -0.05) is 0 Å². The van der Waals surface area contributed by atoms with E-state index in [1.807, 2.05) is 29.2 Å². The number of pyridine rings is 1. The Hall–Kier alpha value is -1.72. The fourth-order valence-electron chi connectivity index (χ4n) is 2.37. The third-order valence-corrected chi connectivity index (χ3v) is 3.79. The maximum atomic E-state index is 5.55. The molecular formula is C15H20N4O. The van der Waals surface area contributed by atoms with Gasteiger partial charge in [0, 0.05) is 31.1 Å². The minimum atomic E-state index is -0.115. The van der Waals surface area contributed by atoms with E-state index in [4.69, 9.17) is 4.74 Å². The Kier molecular flexibility index (Phi) is 3.80. The second-order valence-corrected chi connectivity index (χ2v) is 5.34. The Labute approximate surface area is 119 Å². The van der Waals surface area contributed by atoms with Crippen molar-refractivity contribution in [1.29, 1.82) is 0 Å². The number of nitrogens with zero attached hydrogens (tertiary/aromatic N) is 3. The molecule has 1 N–H and O–H groups in total. The molecule has 0 saturated heterocycles. The van der Waals surface area contributed by atoms with Gasteiger partial charge in [0.05, 0.1) is 18.1 Å². The van der Waals surface area contributed by atoms with E-state index in [9.17, 15) is 0 Å². The monoisotopic (exact) mass is 272 g/mol. The van der Waals surface area contributed by atoms with Crippen molar-refractivity contribution >= 4 is 0 Å². The van der Waals surface area contributed by atoms with Crippen LogP contribution < -0.4 is 5.32 Å². The summed E-state index contributed by atoms with van der Waals surface area (Å²) in [6.07, 6.45) is 9.89. The zero-order chi connectivity index (χ0) is 13.9. The highest BCUT2D eigenvalue weighted by atomic mass is 16.5. The third-order valence-electron chi connectivity index (χ3n) is 3.79. The Morgan fingerprint density at radius 2 is 2.25 bits per heavy atom. The van der Waals surface area contributed by atoms with Gasteiger partial charge in [0.1, 0.15) is 6.23 Å². The molecule has 1 aliphatic carbocycles. The van der Waals surface area contributed by atoms with Crippen LogP contribution in [0.4, 0.5) is 0 Å². The van der Waals surface area contributed by atoms with E-state index < -0.39 is 0 Å². The van der Waals surface area contributed by atoms with Crippen molar-refractivity contribution in [1.82, 2.24) is 20.1 Å². The summed E-state index contributed by atoms with van der Waals surface area (Å²) in [6, 6.07) is 4.35. The predicted octanol–water partition coefficient (Wildman–Crippen LogP) is 2.30. The zero-order valence-corrected chi connectivity index (χ0v) is 11.9. The SMILES string of the molecule is COC(NC(C)C1CC1)c1cnn(-c2cccnc2)c1. The smallest absolute Gasteiger partial charge is 0.137 e. The first-order valence-corrected chi connectivity index (χ1v) is 7.01. The summed E-state index contributed by atoms with van der Waals surface area (Å²) in [5, 5.41) is 7.90. The number of rotatable bonds is 6. The molecule has 0 aromatic carbocycles. The van der Waals surface area contributed by atoms with Crippen LogP contribution in [-0.2, 0) is 4.74 Å². The molecule has 2 aromatic rings. The molecule has 2 heterocycles. The molecule has 20 heavy (non-hydrogen) atoms. The third kappa shape index (κ3) is 2.89. The summed E-state index contributed by atoms with van der Waals surface area (Å²) in [7, 11) is 1.72. The van der Waals surface area contributed by atoms with Crippen LogP contribution in [0.25, 0.3) is 5.69 Å². The average molecular weight is 272 g/mol. The van der Waals surface area contributed by atoms with Crippen LogP contribution >= 0.6 is 0 Å². The molecule has 1 aliphatic rings. The van der Waals surface area contributed by atoms with Gasteiger partial charge in [0.25, 0.3) is 0 Å². The summed E-state index contributed by atoms with van der Waals surface area (Å²) in [5.74, 6) is 0.793. The second-order valence-electron chi connectivity index (χ2n) is 5.34. The van der Waals surface area contributed by atoms with Crippen molar-refractivity contribution in [2.45, 2.75) is 32.0 Å². The maximum Gasteiger partial charge on any atom is 0.137 e. The van der Waals surface area contributed by atoms with E-state index in [2.05, 4.69) is 22.3 Å². The lowest BCUT2D eigenvalue weighted by Crippen LogP contribution is -2.32. The first kappa shape index (κ1) is 13.3. The van der Waals surface area contributed by atoms with Crippen LogP contribution in [0.5, 0.6) is 0 Å². The second kappa shape index (κ2) is 5.73. The molecular weight excluding hydrogens is 252 g/mol. The van der Waals surface area contributed by atoms with Crippen molar-refractivity contribution in [3.63, 3.8) is 0 Å². The summed E-state index contributed by atoms with van der Waals surface area (Å²) < 4.78 is 7.37. The summed E-state index contributed by atoms with van der Waals surface area (Å²) >= 11 is 0. The lowest BCUT2D eigenvalue weighted by Gasteiger charge is -2.20. The van der Waals surface area contributed by atoms with E-state index in [1.165, 1.54) is 12.8 Å². The van der Waals surface area contributed by atoms with Gasteiger partial charge in [0.2, 0.25) is 0 Å². The quantitative estimate of drug-likeness (QED) is 0.820. The van der Waals surface area contributed by atoms with Gasteiger partial charge in [0.15, 0.2) is 0 Å². The molecule has 2 unspecified atom stereocenters. The van der Waals surface area contributed by atoms with Crippen LogP contribution in [0.2, 0.25) is 0 Å².